The molecule has 2 unspecified atom stereocenters. The van der Waals surface area contributed by atoms with E-state index in [-0.39, 0.29) is 10.8 Å². The van der Waals surface area contributed by atoms with Crippen molar-refractivity contribution in [3.05, 3.63) is 34.9 Å². The summed E-state index contributed by atoms with van der Waals surface area (Å²) in [5, 5.41) is 0. The van der Waals surface area contributed by atoms with Crippen LogP contribution in [0.5, 0.6) is 0 Å². The fraction of sp³-hybridized carbons (Fsp3) is 0.739. The second-order valence-electron chi connectivity index (χ2n) is 9.97. The van der Waals surface area contributed by atoms with Gasteiger partial charge in [-0.25, -0.2) is 0 Å². The topological polar surface area (TPSA) is 0 Å². The molecule has 2 atom stereocenters. The zero-order valence-corrected chi connectivity index (χ0v) is 17.4. The van der Waals surface area contributed by atoms with Crippen molar-refractivity contribution in [2.45, 2.75) is 98.8 Å². The van der Waals surface area contributed by atoms with E-state index >= 15 is 0 Å². The smallest absolute Gasteiger partial charge is 0.0132 e. The van der Waals surface area contributed by atoms with E-state index in [0.717, 1.165) is 11.8 Å². The lowest BCUT2D eigenvalue weighted by atomic mass is 9.74. The fourth-order valence-electron chi connectivity index (χ4n) is 3.22. The van der Waals surface area contributed by atoms with Gasteiger partial charge in [-0.2, -0.15) is 0 Å². The van der Waals surface area contributed by atoms with Crippen LogP contribution >= 0.6 is 0 Å². The van der Waals surface area contributed by atoms with Crippen molar-refractivity contribution in [3.63, 3.8) is 0 Å². The molecule has 0 aliphatic rings. The van der Waals surface area contributed by atoms with Gasteiger partial charge in [-0.3, -0.25) is 0 Å². The molecular formula is C23H40. The molecule has 0 aromatic heterocycles. The molecule has 0 bridgehead atoms. The highest BCUT2D eigenvalue weighted by Gasteiger charge is 2.25. The molecule has 0 aliphatic carbocycles. The largest absolute Gasteiger partial charge is 0.0651 e. The van der Waals surface area contributed by atoms with E-state index in [1.165, 1.54) is 24.0 Å². The van der Waals surface area contributed by atoms with Gasteiger partial charge in [-0.15, -0.1) is 0 Å². The second-order valence-corrected chi connectivity index (χ2v) is 9.97. The van der Waals surface area contributed by atoms with Crippen molar-refractivity contribution in [1.29, 1.82) is 0 Å². The van der Waals surface area contributed by atoms with Crippen LogP contribution in [-0.4, -0.2) is 0 Å². The van der Waals surface area contributed by atoms with Crippen LogP contribution in [0.15, 0.2) is 18.2 Å². The summed E-state index contributed by atoms with van der Waals surface area (Å²) in [7, 11) is 0. The Morgan fingerprint density at radius 2 is 1.22 bits per heavy atom. The molecule has 0 heteroatoms. The van der Waals surface area contributed by atoms with Crippen molar-refractivity contribution in [2.24, 2.45) is 11.8 Å². The van der Waals surface area contributed by atoms with Crippen molar-refractivity contribution in [1.82, 2.24) is 0 Å². The minimum atomic E-state index is 0.202. The van der Waals surface area contributed by atoms with E-state index in [1.54, 1.807) is 5.56 Å². The van der Waals surface area contributed by atoms with Crippen molar-refractivity contribution >= 4 is 0 Å². The normalized spacial score (nSPS) is 15.8. The fourth-order valence-corrected chi connectivity index (χ4v) is 3.22. The zero-order valence-electron chi connectivity index (χ0n) is 17.4. The van der Waals surface area contributed by atoms with E-state index in [2.05, 4.69) is 87.4 Å². The van der Waals surface area contributed by atoms with Crippen LogP contribution in [0.1, 0.15) is 105 Å². The molecule has 0 fully saturated rings. The van der Waals surface area contributed by atoms with Crippen LogP contribution in [0.2, 0.25) is 0 Å². The van der Waals surface area contributed by atoms with E-state index in [0.29, 0.717) is 5.92 Å². The zero-order chi connectivity index (χ0) is 18.0. The average molecular weight is 317 g/mol. The Labute approximate surface area is 146 Å². The molecular weight excluding hydrogens is 276 g/mol. The van der Waals surface area contributed by atoms with Gasteiger partial charge in [0.25, 0.3) is 0 Å². The summed E-state index contributed by atoms with van der Waals surface area (Å²) in [6, 6.07) is 7.43. The molecule has 1 aromatic rings. The maximum absolute atomic E-state index is 2.49. The highest BCUT2D eigenvalue weighted by Crippen LogP contribution is 2.38. The molecule has 132 valence electrons. The summed E-state index contributed by atoms with van der Waals surface area (Å²) in [4.78, 5) is 0. The first kappa shape index (κ1) is 20.3. The van der Waals surface area contributed by atoms with Crippen LogP contribution < -0.4 is 0 Å². The van der Waals surface area contributed by atoms with Gasteiger partial charge in [-0.05, 0) is 51.7 Å². The second kappa shape index (κ2) is 7.41. The molecule has 1 aromatic carbocycles. The predicted octanol–water partition coefficient (Wildman–Crippen LogP) is 7.46. The lowest BCUT2D eigenvalue weighted by Gasteiger charge is -2.31. The summed E-state index contributed by atoms with van der Waals surface area (Å²) in [6.45, 7) is 23.5. The monoisotopic (exact) mass is 316 g/mol. The third kappa shape index (κ3) is 5.66. The summed E-state index contributed by atoms with van der Waals surface area (Å²) >= 11 is 0. The molecule has 0 aliphatic heterocycles. The van der Waals surface area contributed by atoms with E-state index in [4.69, 9.17) is 0 Å². The first-order valence-corrected chi connectivity index (χ1v) is 9.52. The number of benzene rings is 1. The third-order valence-corrected chi connectivity index (χ3v) is 5.17. The van der Waals surface area contributed by atoms with Crippen molar-refractivity contribution in [3.8, 4) is 0 Å². The Kier molecular flexibility index (Phi) is 6.53. The van der Waals surface area contributed by atoms with Gasteiger partial charge in [0.1, 0.15) is 0 Å². The Morgan fingerprint density at radius 1 is 0.783 bits per heavy atom. The lowest BCUT2D eigenvalue weighted by molar-refractivity contribution is 0.375. The molecule has 0 radical (unpaired) electrons. The minimum absolute atomic E-state index is 0.202. The molecule has 0 heterocycles. The van der Waals surface area contributed by atoms with Gasteiger partial charge >= 0.3 is 0 Å². The van der Waals surface area contributed by atoms with E-state index < -0.39 is 0 Å². The van der Waals surface area contributed by atoms with Gasteiger partial charge < -0.3 is 0 Å². The van der Waals surface area contributed by atoms with Crippen molar-refractivity contribution < 1.29 is 0 Å². The quantitative estimate of drug-likeness (QED) is 0.529. The van der Waals surface area contributed by atoms with Crippen LogP contribution in [0.4, 0.5) is 0 Å². The van der Waals surface area contributed by atoms with Gasteiger partial charge in [0.05, 0.1) is 0 Å². The third-order valence-electron chi connectivity index (χ3n) is 5.17. The maximum Gasteiger partial charge on any atom is -0.0132 e. The molecule has 23 heavy (non-hydrogen) atoms. The average Bonchev–Trinajstić information content (AvgIpc) is 2.41. The molecule has 0 saturated heterocycles. The number of hydrogen-bond donors (Lipinski definition) is 0. The highest BCUT2D eigenvalue weighted by molar-refractivity contribution is 5.39. The van der Waals surface area contributed by atoms with Gasteiger partial charge in [-0.1, -0.05) is 93.9 Å². The van der Waals surface area contributed by atoms with Crippen LogP contribution in [0.3, 0.4) is 0 Å². The summed E-state index contributed by atoms with van der Waals surface area (Å²) < 4.78 is 0. The molecule has 0 nitrogen and oxygen atoms in total. The summed E-state index contributed by atoms with van der Waals surface area (Å²) in [5.41, 5.74) is 4.93. The Hall–Kier alpha value is -0.780. The summed E-state index contributed by atoms with van der Waals surface area (Å²) in [5.74, 6) is 2.15. The first-order chi connectivity index (χ1) is 10.4. The standard InChI is InChI=1S/C23H40/c1-11-17(4)21(12-16(2)3)18-13-19(22(5,6)7)15-20(14-18)23(8,9)10/h13-17,21H,11-12H2,1-10H3. The van der Waals surface area contributed by atoms with Gasteiger partial charge in [0, 0.05) is 0 Å². The van der Waals surface area contributed by atoms with Gasteiger partial charge in [0.2, 0.25) is 0 Å². The Balaban J connectivity index is 3.47. The van der Waals surface area contributed by atoms with Crippen LogP contribution in [0.25, 0.3) is 0 Å². The van der Waals surface area contributed by atoms with Crippen molar-refractivity contribution in [2.75, 3.05) is 0 Å². The Bertz CT molecular complexity index is 462. The van der Waals surface area contributed by atoms with E-state index in [1.807, 2.05) is 0 Å². The molecule has 0 N–H and O–H groups in total. The molecule has 0 spiro atoms. The lowest BCUT2D eigenvalue weighted by Crippen LogP contribution is -2.19. The first-order valence-electron chi connectivity index (χ1n) is 9.52. The molecule has 0 saturated carbocycles. The maximum atomic E-state index is 2.49. The SMILES string of the molecule is CCC(C)C(CC(C)C)c1cc(C(C)(C)C)cc(C(C)(C)C)c1. The highest BCUT2D eigenvalue weighted by atomic mass is 14.3. The van der Waals surface area contributed by atoms with Gasteiger partial charge in [0.15, 0.2) is 0 Å². The Morgan fingerprint density at radius 3 is 1.52 bits per heavy atom. The molecule has 1 rings (SSSR count). The predicted molar refractivity (Wildman–Crippen MR) is 105 cm³/mol. The number of hydrogen-bond acceptors (Lipinski definition) is 0. The van der Waals surface area contributed by atoms with E-state index in [9.17, 15) is 0 Å². The molecule has 0 amide bonds. The van der Waals surface area contributed by atoms with Crippen LogP contribution in [0, 0.1) is 11.8 Å². The van der Waals surface area contributed by atoms with Crippen LogP contribution in [-0.2, 0) is 10.8 Å². The summed E-state index contributed by atoms with van der Waals surface area (Å²) in [6.07, 6.45) is 2.54. The minimum Gasteiger partial charge on any atom is -0.0651 e. The number of rotatable bonds is 5.